The standard InChI is InChI=1S/C16H19N3O3S2/c1-9-12-7-14(22-3)13(20)6-11(12)4-5-19(9)15(21)8-23-16-18-17-10(2)24-16/h6-7,9,20H,4-5,8H2,1-3H3/t9-/m0/s1. The van der Waals surface area contributed by atoms with Gasteiger partial charge in [0.15, 0.2) is 15.8 Å². The Morgan fingerprint density at radius 3 is 2.96 bits per heavy atom. The van der Waals surface area contributed by atoms with E-state index in [1.807, 2.05) is 24.8 Å². The van der Waals surface area contributed by atoms with Crippen molar-refractivity contribution < 1.29 is 14.6 Å². The summed E-state index contributed by atoms with van der Waals surface area (Å²) in [5.74, 6) is 1.01. The van der Waals surface area contributed by atoms with Crippen molar-refractivity contribution in [3.63, 3.8) is 0 Å². The topological polar surface area (TPSA) is 75.6 Å². The molecule has 1 atom stereocenters. The molecule has 0 aliphatic carbocycles. The van der Waals surface area contributed by atoms with E-state index >= 15 is 0 Å². The molecule has 2 aromatic rings. The summed E-state index contributed by atoms with van der Waals surface area (Å²) in [5.41, 5.74) is 2.10. The highest BCUT2D eigenvalue weighted by Gasteiger charge is 2.29. The molecular weight excluding hydrogens is 346 g/mol. The van der Waals surface area contributed by atoms with Crippen LogP contribution in [0.25, 0.3) is 0 Å². The van der Waals surface area contributed by atoms with Gasteiger partial charge in [-0.3, -0.25) is 4.79 Å². The molecule has 1 amide bonds. The minimum atomic E-state index is -0.0486. The summed E-state index contributed by atoms with van der Waals surface area (Å²) in [7, 11) is 1.53. The zero-order valence-electron chi connectivity index (χ0n) is 13.8. The van der Waals surface area contributed by atoms with E-state index in [-0.39, 0.29) is 17.7 Å². The van der Waals surface area contributed by atoms with Gasteiger partial charge in [-0.25, -0.2) is 0 Å². The Bertz CT molecular complexity index is 763. The van der Waals surface area contributed by atoms with E-state index in [1.165, 1.54) is 30.2 Å². The predicted molar refractivity (Wildman–Crippen MR) is 93.9 cm³/mol. The SMILES string of the molecule is COc1cc2c(cc1O)CCN(C(=O)CSc1nnc(C)s1)[C@H]2C. The predicted octanol–water partition coefficient (Wildman–Crippen LogP) is 2.80. The maximum atomic E-state index is 12.6. The van der Waals surface area contributed by atoms with E-state index in [0.717, 1.165) is 26.9 Å². The minimum Gasteiger partial charge on any atom is -0.504 e. The van der Waals surface area contributed by atoms with Gasteiger partial charge in [-0.2, -0.15) is 0 Å². The molecule has 0 saturated carbocycles. The third kappa shape index (κ3) is 3.34. The molecule has 128 valence electrons. The summed E-state index contributed by atoms with van der Waals surface area (Å²) in [4.78, 5) is 14.5. The lowest BCUT2D eigenvalue weighted by Gasteiger charge is -2.35. The molecule has 8 heteroatoms. The third-order valence-corrected chi connectivity index (χ3v) is 6.08. The van der Waals surface area contributed by atoms with Gasteiger partial charge in [-0.15, -0.1) is 10.2 Å². The number of fused-ring (bicyclic) bond motifs is 1. The van der Waals surface area contributed by atoms with Gasteiger partial charge in [0.05, 0.1) is 18.9 Å². The van der Waals surface area contributed by atoms with Crippen LogP contribution in [0.5, 0.6) is 11.5 Å². The molecular formula is C16H19N3O3S2. The lowest BCUT2D eigenvalue weighted by Crippen LogP contribution is -2.39. The number of phenolic OH excluding ortho intramolecular Hbond substituents is 1. The number of nitrogens with zero attached hydrogens (tertiary/aromatic N) is 3. The number of carbonyl (C=O) groups excluding carboxylic acids is 1. The highest BCUT2D eigenvalue weighted by Crippen LogP contribution is 2.37. The Hall–Kier alpha value is -1.80. The summed E-state index contributed by atoms with van der Waals surface area (Å²) in [6.07, 6.45) is 0.728. The van der Waals surface area contributed by atoms with Crippen molar-refractivity contribution in [2.45, 2.75) is 30.6 Å². The summed E-state index contributed by atoms with van der Waals surface area (Å²) in [6.45, 7) is 4.55. The molecule has 3 rings (SSSR count). The quantitative estimate of drug-likeness (QED) is 0.840. The molecule has 0 saturated heterocycles. The monoisotopic (exact) mass is 365 g/mol. The fourth-order valence-electron chi connectivity index (χ4n) is 2.88. The Balaban J connectivity index is 1.72. The molecule has 1 aromatic carbocycles. The lowest BCUT2D eigenvalue weighted by molar-refractivity contribution is -0.130. The maximum absolute atomic E-state index is 12.6. The molecule has 6 nitrogen and oxygen atoms in total. The first kappa shape index (κ1) is 17.0. The molecule has 1 aliphatic rings. The van der Waals surface area contributed by atoms with Gasteiger partial charge < -0.3 is 14.7 Å². The Morgan fingerprint density at radius 1 is 1.50 bits per heavy atom. The molecule has 0 fully saturated rings. The Kier molecular flexibility index (Phi) is 4.96. The fourth-order valence-corrected chi connectivity index (χ4v) is 4.58. The largest absolute Gasteiger partial charge is 0.504 e. The van der Waals surface area contributed by atoms with Gasteiger partial charge in [0, 0.05) is 6.54 Å². The van der Waals surface area contributed by atoms with Crippen LogP contribution in [0.3, 0.4) is 0 Å². The zero-order valence-corrected chi connectivity index (χ0v) is 15.4. The summed E-state index contributed by atoms with van der Waals surface area (Å²) >= 11 is 2.92. The van der Waals surface area contributed by atoms with Gasteiger partial charge in [-0.1, -0.05) is 23.1 Å². The number of hydrogen-bond donors (Lipinski definition) is 1. The summed E-state index contributed by atoms with van der Waals surface area (Å²) in [5, 5.41) is 18.8. The van der Waals surface area contributed by atoms with Crippen molar-refractivity contribution in [3.05, 3.63) is 28.3 Å². The van der Waals surface area contributed by atoms with Crippen molar-refractivity contribution in [1.29, 1.82) is 0 Å². The second-order valence-corrected chi connectivity index (χ2v) is 8.02. The maximum Gasteiger partial charge on any atom is 0.233 e. The van der Waals surface area contributed by atoms with Crippen LogP contribution in [0, 0.1) is 6.92 Å². The van der Waals surface area contributed by atoms with Gasteiger partial charge in [0.1, 0.15) is 5.01 Å². The average Bonchev–Trinajstić information content (AvgIpc) is 2.98. The molecule has 2 heterocycles. The van der Waals surface area contributed by atoms with Crippen LogP contribution in [0.2, 0.25) is 0 Å². The van der Waals surface area contributed by atoms with E-state index in [1.54, 1.807) is 6.07 Å². The van der Waals surface area contributed by atoms with Gasteiger partial charge in [0.2, 0.25) is 5.91 Å². The number of methoxy groups -OCH3 is 1. The molecule has 0 spiro atoms. The third-order valence-electron chi connectivity index (χ3n) is 4.13. The molecule has 1 aliphatic heterocycles. The minimum absolute atomic E-state index is 0.0486. The molecule has 0 radical (unpaired) electrons. The Labute approximate surface area is 148 Å². The number of amides is 1. The number of aryl methyl sites for hydroxylation is 1. The average molecular weight is 365 g/mol. The van der Waals surface area contributed by atoms with Crippen molar-refractivity contribution in [3.8, 4) is 11.5 Å². The van der Waals surface area contributed by atoms with E-state index in [0.29, 0.717) is 18.0 Å². The van der Waals surface area contributed by atoms with Gasteiger partial charge in [-0.05, 0) is 43.5 Å². The first-order chi connectivity index (χ1) is 11.5. The summed E-state index contributed by atoms with van der Waals surface area (Å²) < 4.78 is 6.01. The molecule has 0 unspecified atom stereocenters. The van der Waals surface area contributed by atoms with E-state index in [2.05, 4.69) is 10.2 Å². The number of rotatable bonds is 4. The summed E-state index contributed by atoms with van der Waals surface area (Å²) in [6, 6.07) is 3.52. The van der Waals surface area contributed by atoms with Gasteiger partial charge in [0.25, 0.3) is 0 Å². The zero-order chi connectivity index (χ0) is 17.3. The van der Waals surface area contributed by atoms with Crippen molar-refractivity contribution in [1.82, 2.24) is 15.1 Å². The normalized spacial score (nSPS) is 16.8. The smallest absolute Gasteiger partial charge is 0.233 e. The molecule has 1 aromatic heterocycles. The van der Waals surface area contributed by atoms with E-state index in [4.69, 9.17) is 4.74 Å². The highest BCUT2D eigenvalue weighted by molar-refractivity contribution is 8.01. The van der Waals surface area contributed by atoms with E-state index < -0.39 is 0 Å². The lowest BCUT2D eigenvalue weighted by atomic mass is 9.93. The first-order valence-corrected chi connectivity index (χ1v) is 9.42. The Morgan fingerprint density at radius 2 is 2.29 bits per heavy atom. The number of hydrogen-bond acceptors (Lipinski definition) is 7. The second-order valence-electron chi connectivity index (χ2n) is 5.61. The van der Waals surface area contributed by atoms with Crippen LogP contribution in [-0.4, -0.2) is 45.5 Å². The van der Waals surface area contributed by atoms with Crippen LogP contribution in [0.15, 0.2) is 16.5 Å². The number of benzene rings is 1. The molecule has 1 N–H and O–H groups in total. The molecule has 24 heavy (non-hydrogen) atoms. The number of ether oxygens (including phenoxy) is 1. The van der Waals surface area contributed by atoms with Crippen molar-refractivity contribution in [2.75, 3.05) is 19.4 Å². The fraction of sp³-hybridized carbons (Fsp3) is 0.438. The van der Waals surface area contributed by atoms with Crippen molar-refractivity contribution >= 4 is 29.0 Å². The van der Waals surface area contributed by atoms with Crippen LogP contribution in [0.1, 0.15) is 29.1 Å². The van der Waals surface area contributed by atoms with Crippen LogP contribution < -0.4 is 4.74 Å². The van der Waals surface area contributed by atoms with Crippen LogP contribution in [0.4, 0.5) is 0 Å². The van der Waals surface area contributed by atoms with Crippen molar-refractivity contribution in [2.24, 2.45) is 0 Å². The number of aromatic hydroxyl groups is 1. The van der Waals surface area contributed by atoms with Crippen LogP contribution >= 0.6 is 23.1 Å². The van der Waals surface area contributed by atoms with Gasteiger partial charge >= 0.3 is 0 Å². The van der Waals surface area contributed by atoms with E-state index in [9.17, 15) is 9.90 Å². The number of phenols is 1. The number of thioether (sulfide) groups is 1. The second kappa shape index (κ2) is 6.98. The van der Waals surface area contributed by atoms with Crippen LogP contribution in [-0.2, 0) is 11.2 Å². The number of carbonyl (C=O) groups is 1. The molecule has 0 bridgehead atoms. The highest BCUT2D eigenvalue weighted by atomic mass is 32.2. The first-order valence-electron chi connectivity index (χ1n) is 7.61. The number of aromatic nitrogens is 2.